The molecule has 144 heavy (non-hydrogen) atoms. The first-order chi connectivity index (χ1) is 71.5. The summed E-state index contributed by atoms with van der Waals surface area (Å²) in [7, 11) is 0. The van der Waals surface area contributed by atoms with Crippen molar-refractivity contribution in [1.29, 1.82) is 0 Å². The van der Waals surface area contributed by atoms with Crippen LogP contribution in [-0.2, 0) is 0 Å². The molecule has 0 saturated carbocycles. The molecule has 0 bridgehead atoms. The van der Waals surface area contributed by atoms with Crippen LogP contribution < -0.4 is 0 Å². The molecule has 0 unspecified atom stereocenters. The van der Waals surface area contributed by atoms with E-state index in [9.17, 15) is 0 Å². The maximum absolute atomic E-state index is 5.48. The van der Waals surface area contributed by atoms with Crippen LogP contribution in [0.15, 0.2) is 473 Å². The molecular weight excluding hydrogens is 1750 g/mol. The second-order valence-electron chi connectivity index (χ2n) is 37.7. The topological polar surface area (TPSA) is 105 Å². The molecule has 666 valence electrons. The Morgan fingerprint density at radius 2 is 0.424 bits per heavy atom. The van der Waals surface area contributed by atoms with Crippen molar-refractivity contribution in [3.8, 4) is 84.7 Å². The predicted octanol–water partition coefficient (Wildman–Crippen LogP) is 33.6. The van der Waals surface area contributed by atoms with Crippen LogP contribution in [0.1, 0.15) is 0 Å². The van der Waals surface area contributed by atoms with Gasteiger partial charge in [0.15, 0.2) is 5.82 Å². The minimum Gasteiger partial charge on any atom is -0.309 e. The fourth-order valence-electron chi connectivity index (χ4n) is 24.2. The van der Waals surface area contributed by atoms with E-state index in [1.807, 2.05) is 48.5 Å². The van der Waals surface area contributed by atoms with Crippen molar-refractivity contribution in [2.24, 2.45) is 0 Å². The lowest BCUT2D eigenvalue weighted by molar-refractivity contribution is 1.16. The molecule has 12 heteroatoms. The van der Waals surface area contributed by atoms with Crippen molar-refractivity contribution in [3.05, 3.63) is 473 Å². The van der Waals surface area contributed by atoms with Gasteiger partial charge in [-0.25, -0.2) is 29.9 Å². The summed E-state index contributed by atoms with van der Waals surface area (Å²) in [4.78, 5) is 31.9. The van der Waals surface area contributed by atoms with E-state index in [0.29, 0.717) is 5.82 Å². The predicted molar refractivity (Wildman–Crippen MR) is 598 cm³/mol. The maximum atomic E-state index is 5.48. The highest BCUT2D eigenvalue weighted by Gasteiger charge is 2.30. The Bertz CT molecular complexity index is 11100. The molecule has 0 spiro atoms. The van der Waals surface area contributed by atoms with Crippen molar-refractivity contribution < 1.29 is 0 Å². The smallest absolute Gasteiger partial charge is 0.160 e. The van der Waals surface area contributed by atoms with Crippen LogP contribution in [0.4, 0.5) is 0 Å². The summed E-state index contributed by atoms with van der Waals surface area (Å²) in [6, 6.07) is 169. The second kappa shape index (κ2) is 31.0. The molecular formula is C132H78N12. The number of aromatic nitrogens is 12. The molecule has 0 aliphatic heterocycles. The Hall–Kier alpha value is -19.6. The molecule has 12 heterocycles. The molecule has 0 atom stereocenters. The summed E-state index contributed by atoms with van der Waals surface area (Å²) >= 11 is 0. The fourth-order valence-corrected chi connectivity index (χ4v) is 24.2. The van der Waals surface area contributed by atoms with Crippen LogP contribution in [0.2, 0.25) is 0 Å². The zero-order chi connectivity index (χ0) is 94.0. The molecule has 21 aromatic carbocycles. The summed E-state index contributed by atoms with van der Waals surface area (Å²) in [5.41, 5.74) is 36.3. The van der Waals surface area contributed by atoms with Gasteiger partial charge in [0.05, 0.1) is 145 Å². The number of hydrogen-bond donors (Lipinski definition) is 0. The SMILES string of the molecule is c1ccc(-c2nc(-c3ccccc3)c3cccc(-n4c5cccc6c7cccc8c9ccccc9n(c9cccc4c9c65)c78)c3n2)cc1.c1ccc(-c2nc3ccc(-n4c5cccc6c7cccc8c9ccccc9n(c9cccc4c9c65)c78)cc3nc2-c2ccccc2)cc1.c1ccc(-c2nc3cccc(-n4c5cccc6c7cccc8c9ccccc9n(c9cccc4c9c65)c78)c3nc2-c2ccccc2)cc1. The molecule has 12 aromatic heterocycles. The third kappa shape index (κ3) is 11.5. The van der Waals surface area contributed by atoms with E-state index < -0.39 is 0 Å². The standard InChI is InChI=1S/3C44H26N4/c1-3-13-27(14-4-1)41-42(28-15-5-2-6-16-28)46-43-33(45-41)21-11-26-38(43)47-35-23-10-18-30-32-20-9-19-31-29-17-7-8-22-34(29)48(44(31)32)37-25-12-24-36(47)40(37)39(30)35;1-3-13-27(14-4-1)41-33-21-11-26-38(42(33)46-44(45-41)28-15-5-2-6-16-28)47-35-23-10-18-30-32-20-9-19-31-29-17-7-8-22-34(29)48(43(31)32)37-25-12-24-36(47)40(37)39(30)35;1-3-12-27(13-4-1)42-43(28-14-5-2-6-15-28)46-35-26-29(24-25-34(35)45-42)47-37-21-10-17-31-33-19-9-18-32-30-16-7-8-20-36(30)48(44(32)33)39-23-11-22-38(47)41(39)40(31)37/h3*1-26H. The van der Waals surface area contributed by atoms with Crippen LogP contribution in [0, 0.1) is 0 Å². The van der Waals surface area contributed by atoms with Gasteiger partial charge in [-0.1, -0.05) is 364 Å². The van der Waals surface area contributed by atoms with Gasteiger partial charge in [0.25, 0.3) is 0 Å². The number of benzene rings is 21. The highest BCUT2D eigenvalue weighted by Crippen LogP contribution is 2.51. The van der Waals surface area contributed by atoms with Gasteiger partial charge in [0, 0.05) is 125 Å². The average Bonchev–Trinajstić information content (AvgIpc) is 1.55. The normalized spacial score (nSPS) is 12.2. The third-order valence-corrected chi connectivity index (χ3v) is 30.1. The second-order valence-corrected chi connectivity index (χ2v) is 37.7. The molecule has 33 aromatic rings. The van der Waals surface area contributed by atoms with E-state index in [1.165, 1.54) is 158 Å². The first kappa shape index (κ1) is 79.5. The van der Waals surface area contributed by atoms with Gasteiger partial charge in [-0.15, -0.1) is 0 Å². The van der Waals surface area contributed by atoms with E-state index in [2.05, 4.69) is 452 Å². The first-order valence-corrected chi connectivity index (χ1v) is 49.1. The summed E-state index contributed by atoms with van der Waals surface area (Å²) in [6.45, 7) is 0. The molecule has 33 rings (SSSR count). The van der Waals surface area contributed by atoms with E-state index in [0.717, 1.165) is 134 Å². The Labute approximate surface area is 821 Å². The molecule has 0 aliphatic rings. The lowest BCUT2D eigenvalue weighted by atomic mass is 10.0. The molecule has 0 aliphatic carbocycles. The van der Waals surface area contributed by atoms with Crippen molar-refractivity contribution in [2.75, 3.05) is 0 Å². The number of rotatable bonds is 9. The van der Waals surface area contributed by atoms with E-state index in [4.69, 9.17) is 29.9 Å². The third-order valence-electron chi connectivity index (χ3n) is 30.1. The van der Waals surface area contributed by atoms with Gasteiger partial charge in [-0.05, 0) is 125 Å². The van der Waals surface area contributed by atoms with Crippen molar-refractivity contribution in [3.63, 3.8) is 0 Å². The Morgan fingerprint density at radius 3 is 0.847 bits per heavy atom. The molecule has 0 amide bonds. The molecule has 0 N–H and O–H groups in total. The monoisotopic (exact) mass is 1830 g/mol. The van der Waals surface area contributed by atoms with E-state index in [-0.39, 0.29) is 0 Å². The Balaban J connectivity index is 0.0000000986. The average molecular weight is 1830 g/mol. The van der Waals surface area contributed by atoms with Gasteiger partial charge in [-0.2, -0.15) is 0 Å². The quantitative estimate of drug-likeness (QED) is 0.143. The van der Waals surface area contributed by atoms with Crippen LogP contribution in [0.5, 0.6) is 0 Å². The lowest BCUT2D eigenvalue weighted by Gasteiger charge is -2.15. The zero-order valence-corrected chi connectivity index (χ0v) is 77.4. The molecule has 0 fully saturated rings. The van der Waals surface area contributed by atoms with Gasteiger partial charge in [0.1, 0.15) is 5.52 Å². The molecule has 0 saturated heterocycles. The van der Waals surface area contributed by atoms with Gasteiger partial charge < -0.3 is 26.9 Å². The number of fused-ring (bicyclic) bond motifs is 18. The summed E-state index contributed by atoms with van der Waals surface area (Å²) in [5, 5.41) is 23.8. The van der Waals surface area contributed by atoms with Crippen molar-refractivity contribution >= 4 is 213 Å². The highest BCUT2D eigenvalue weighted by atomic mass is 15.0. The minimum atomic E-state index is 0.716. The number of hydrogen-bond acceptors (Lipinski definition) is 6. The van der Waals surface area contributed by atoms with Crippen LogP contribution in [-0.4, -0.2) is 56.8 Å². The largest absolute Gasteiger partial charge is 0.309 e. The van der Waals surface area contributed by atoms with Gasteiger partial charge in [0.2, 0.25) is 0 Å². The van der Waals surface area contributed by atoms with Crippen molar-refractivity contribution in [2.45, 2.75) is 0 Å². The van der Waals surface area contributed by atoms with Crippen LogP contribution >= 0.6 is 0 Å². The Kier molecular flexibility index (Phi) is 17.1. The van der Waals surface area contributed by atoms with Crippen LogP contribution in [0.25, 0.3) is 297 Å². The van der Waals surface area contributed by atoms with Crippen molar-refractivity contribution in [1.82, 2.24) is 56.8 Å². The highest BCUT2D eigenvalue weighted by molar-refractivity contribution is 6.35. The first-order valence-electron chi connectivity index (χ1n) is 49.1. The van der Waals surface area contributed by atoms with Gasteiger partial charge in [-0.3, -0.25) is 0 Å². The van der Waals surface area contributed by atoms with Gasteiger partial charge >= 0.3 is 0 Å². The molecule has 0 radical (unpaired) electrons. The summed E-state index contributed by atoms with van der Waals surface area (Å²) < 4.78 is 14.7. The van der Waals surface area contributed by atoms with Crippen LogP contribution in [0.3, 0.4) is 0 Å². The molecule has 12 nitrogen and oxygen atoms in total. The Morgan fingerprint density at radius 1 is 0.146 bits per heavy atom. The maximum Gasteiger partial charge on any atom is 0.160 e. The summed E-state index contributed by atoms with van der Waals surface area (Å²) in [6.07, 6.45) is 0. The fraction of sp³-hybridized carbons (Fsp3) is 0. The number of nitrogens with zero attached hydrogens (tertiary/aromatic N) is 12. The van der Waals surface area contributed by atoms with E-state index in [1.54, 1.807) is 0 Å². The number of para-hydroxylation sites is 8. The minimum absolute atomic E-state index is 0.716. The van der Waals surface area contributed by atoms with E-state index >= 15 is 0 Å². The summed E-state index contributed by atoms with van der Waals surface area (Å²) in [5.74, 6) is 0.716. The lowest BCUT2D eigenvalue weighted by Crippen LogP contribution is -2.01. The zero-order valence-electron chi connectivity index (χ0n) is 77.4.